The maximum atomic E-state index is 5.76. The molecule has 3 N–H and O–H groups in total. The number of benzene rings is 2. The molecule has 0 saturated carbocycles. The van der Waals surface area contributed by atoms with E-state index in [1.807, 2.05) is 6.07 Å². The average Bonchev–Trinajstić information content (AvgIpc) is 2.53. The van der Waals surface area contributed by atoms with Crippen LogP contribution in [0.1, 0.15) is 22.7 Å². The second-order valence-electron chi connectivity index (χ2n) is 5.01. The summed E-state index contributed by atoms with van der Waals surface area (Å²) < 4.78 is 5.45. The standard InChI is InChI=1S/C17H22N2OS/c1-12-4-9-17(20-2)14(10-12)11-16(19-18)13-5-7-15(21-3)8-6-13/h4-10,16,19H,11,18H2,1-3H3. The average molecular weight is 302 g/mol. The summed E-state index contributed by atoms with van der Waals surface area (Å²) in [4.78, 5) is 1.25. The summed E-state index contributed by atoms with van der Waals surface area (Å²) in [6, 6.07) is 14.8. The zero-order valence-electron chi connectivity index (χ0n) is 12.7. The summed E-state index contributed by atoms with van der Waals surface area (Å²) in [5.74, 6) is 6.66. The monoisotopic (exact) mass is 302 g/mol. The third kappa shape index (κ3) is 4.00. The van der Waals surface area contributed by atoms with E-state index in [0.29, 0.717) is 0 Å². The van der Waals surface area contributed by atoms with Crippen LogP contribution < -0.4 is 16.0 Å². The van der Waals surface area contributed by atoms with Gasteiger partial charge in [-0.1, -0.05) is 29.8 Å². The van der Waals surface area contributed by atoms with Crippen molar-refractivity contribution < 1.29 is 4.74 Å². The van der Waals surface area contributed by atoms with Gasteiger partial charge in [0.05, 0.1) is 13.2 Å². The molecule has 3 nitrogen and oxygen atoms in total. The highest BCUT2D eigenvalue weighted by Crippen LogP contribution is 2.26. The molecule has 2 aromatic rings. The minimum Gasteiger partial charge on any atom is -0.496 e. The molecule has 1 atom stereocenters. The fourth-order valence-electron chi connectivity index (χ4n) is 2.40. The Labute approximate surface area is 130 Å². The molecular formula is C17H22N2OS. The summed E-state index contributed by atoms with van der Waals surface area (Å²) in [6.07, 6.45) is 2.87. The molecule has 112 valence electrons. The first-order valence-electron chi connectivity index (χ1n) is 6.91. The van der Waals surface area contributed by atoms with Crippen molar-refractivity contribution in [1.29, 1.82) is 0 Å². The van der Waals surface area contributed by atoms with Gasteiger partial charge in [0, 0.05) is 4.90 Å². The van der Waals surface area contributed by atoms with E-state index in [-0.39, 0.29) is 6.04 Å². The number of hydrogen-bond donors (Lipinski definition) is 2. The van der Waals surface area contributed by atoms with Crippen LogP contribution in [0, 0.1) is 6.92 Å². The first kappa shape index (κ1) is 15.9. The Morgan fingerprint density at radius 2 is 1.90 bits per heavy atom. The largest absolute Gasteiger partial charge is 0.496 e. The van der Waals surface area contributed by atoms with Crippen molar-refractivity contribution in [3.05, 3.63) is 59.2 Å². The van der Waals surface area contributed by atoms with Crippen molar-refractivity contribution in [3.8, 4) is 5.75 Å². The molecule has 0 amide bonds. The minimum atomic E-state index is 0.0663. The van der Waals surface area contributed by atoms with Crippen molar-refractivity contribution in [2.45, 2.75) is 24.3 Å². The van der Waals surface area contributed by atoms with Crippen molar-refractivity contribution in [3.63, 3.8) is 0 Å². The normalized spacial score (nSPS) is 12.2. The molecule has 1 unspecified atom stereocenters. The zero-order valence-corrected chi connectivity index (χ0v) is 13.5. The first-order chi connectivity index (χ1) is 10.2. The predicted octanol–water partition coefficient (Wildman–Crippen LogP) is 3.47. The predicted molar refractivity (Wildman–Crippen MR) is 89.7 cm³/mol. The Kier molecular flexibility index (Phi) is 5.67. The smallest absolute Gasteiger partial charge is 0.122 e. The topological polar surface area (TPSA) is 47.3 Å². The van der Waals surface area contributed by atoms with Gasteiger partial charge in [0.1, 0.15) is 5.75 Å². The Hall–Kier alpha value is -1.49. The van der Waals surface area contributed by atoms with Gasteiger partial charge in [-0.05, 0) is 48.9 Å². The summed E-state index contributed by atoms with van der Waals surface area (Å²) in [5, 5.41) is 0. The van der Waals surface area contributed by atoms with Gasteiger partial charge in [0.25, 0.3) is 0 Å². The van der Waals surface area contributed by atoms with E-state index < -0.39 is 0 Å². The lowest BCUT2D eigenvalue weighted by atomic mass is 9.97. The number of ether oxygens (including phenoxy) is 1. The molecule has 0 aromatic heterocycles. The van der Waals surface area contributed by atoms with E-state index in [1.54, 1.807) is 18.9 Å². The van der Waals surface area contributed by atoms with Gasteiger partial charge >= 0.3 is 0 Å². The lowest BCUT2D eigenvalue weighted by Gasteiger charge is -2.19. The van der Waals surface area contributed by atoms with Gasteiger partial charge in [0.2, 0.25) is 0 Å². The first-order valence-corrected chi connectivity index (χ1v) is 8.14. The van der Waals surface area contributed by atoms with E-state index in [9.17, 15) is 0 Å². The lowest BCUT2D eigenvalue weighted by Crippen LogP contribution is -2.29. The number of rotatable bonds is 6. The number of thioether (sulfide) groups is 1. The third-order valence-corrected chi connectivity index (χ3v) is 4.32. The highest BCUT2D eigenvalue weighted by molar-refractivity contribution is 7.98. The molecule has 2 aromatic carbocycles. The number of aryl methyl sites for hydroxylation is 1. The molecule has 0 aliphatic rings. The maximum Gasteiger partial charge on any atom is 0.122 e. The fraction of sp³-hybridized carbons (Fsp3) is 0.294. The van der Waals surface area contributed by atoms with Gasteiger partial charge in [-0.25, -0.2) is 0 Å². The lowest BCUT2D eigenvalue weighted by molar-refractivity contribution is 0.405. The van der Waals surface area contributed by atoms with Crippen LogP contribution in [0.25, 0.3) is 0 Å². The molecule has 0 radical (unpaired) electrons. The second kappa shape index (κ2) is 7.50. The Morgan fingerprint density at radius 1 is 1.19 bits per heavy atom. The summed E-state index contributed by atoms with van der Waals surface area (Å²) in [7, 11) is 1.70. The highest BCUT2D eigenvalue weighted by atomic mass is 32.2. The van der Waals surface area contributed by atoms with Gasteiger partial charge in [-0.3, -0.25) is 11.3 Å². The van der Waals surface area contributed by atoms with Crippen LogP contribution in [-0.4, -0.2) is 13.4 Å². The molecule has 0 bridgehead atoms. The molecule has 0 aliphatic carbocycles. The van der Waals surface area contributed by atoms with E-state index >= 15 is 0 Å². The number of hydrogen-bond acceptors (Lipinski definition) is 4. The molecule has 0 saturated heterocycles. The Balaban J connectivity index is 2.23. The van der Waals surface area contributed by atoms with E-state index in [2.05, 4.69) is 55.0 Å². The van der Waals surface area contributed by atoms with E-state index in [0.717, 1.165) is 17.7 Å². The Morgan fingerprint density at radius 3 is 2.48 bits per heavy atom. The highest BCUT2D eigenvalue weighted by Gasteiger charge is 2.13. The summed E-state index contributed by atoms with van der Waals surface area (Å²) >= 11 is 1.74. The van der Waals surface area contributed by atoms with Crippen molar-refractivity contribution in [2.24, 2.45) is 5.84 Å². The molecule has 2 rings (SSSR count). The quantitative estimate of drug-likeness (QED) is 0.487. The van der Waals surface area contributed by atoms with Crippen LogP contribution in [0.15, 0.2) is 47.4 Å². The van der Waals surface area contributed by atoms with Crippen molar-refractivity contribution in [2.75, 3.05) is 13.4 Å². The minimum absolute atomic E-state index is 0.0663. The van der Waals surface area contributed by atoms with Crippen molar-refractivity contribution >= 4 is 11.8 Å². The van der Waals surface area contributed by atoms with Crippen LogP contribution in [0.5, 0.6) is 5.75 Å². The van der Waals surface area contributed by atoms with E-state index in [4.69, 9.17) is 10.6 Å². The molecule has 0 aliphatic heterocycles. The molecule has 0 spiro atoms. The number of nitrogens with one attached hydrogen (secondary N) is 1. The third-order valence-electron chi connectivity index (χ3n) is 3.58. The summed E-state index contributed by atoms with van der Waals surface area (Å²) in [5.41, 5.74) is 6.48. The number of methoxy groups -OCH3 is 1. The van der Waals surface area contributed by atoms with Crippen LogP contribution in [0.2, 0.25) is 0 Å². The van der Waals surface area contributed by atoms with Crippen molar-refractivity contribution in [1.82, 2.24) is 5.43 Å². The molecule has 0 heterocycles. The van der Waals surface area contributed by atoms with E-state index in [1.165, 1.54) is 16.0 Å². The molecule has 0 fully saturated rings. The maximum absolute atomic E-state index is 5.76. The number of nitrogens with two attached hydrogens (primary N) is 1. The van der Waals surface area contributed by atoms with Crippen LogP contribution >= 0.6 is 11.8 Å². The van der Waals surface area contributed by atoms with Crippen LogP contribution in [0.4, 0.5) is 0 Å². The second-order valence-corrected chi connectivity index (χ2v) is 5.89. The van der Waals surface area contributed by atoms with Crippen LogP contribution in [0.3, 0.4) is 0 Å². The van der Waals surface area contributed by atoms with Crippen LogP contribution in [-0.2, 0) is 6.42 Å². The molecule has 21 heavy (non-hydrogen) atoms. The molecule has 4 heteroatoms. The summed E-state index contributed by atoms with van der Waals surface area (Å²) in [6.45, 7) is 2.08. The van der Waals surface area contributed by atoms with Gasteiger partial charge in [-0.2, -0.15) is 0 Å². The zero-order chi connectivity index (χ0) is 15.2. The SMILES string of the molecule is COc1ccc(C)cc1CC(NN)c1ccc(SC)cc1. The number of hydrazine groups is 1. The van der Waals surface area contributed by atoms with Gasteiger partial charge in [-0.15, -0.1) is 11.8 Å². The molecular weight excluding hydrogens is 280 g/mol. The van der Waals surface area contributed by atoms with Gasteiger partial charge in [0.15, 0.2) is 0 Å². The van der Waals surface area contributed by atoms with Gasteiger partial charge < -0.3 is 4.74 Å². The Bertz CT molecular complexity index is 584. The fourth-order valence-corrected chi connectivity index (χ4v) is 2.80.